The van der Waals surface area contributed by atoms with Crippen molar-refractivity contribution >= 4 is 24.3 Å². The number of carboxylic acids is 1. The van der Waals surface area contributed by atoms with Crippen molar-refractivity contribution in [1.29, 1.82) is 0 Å². The first-order valence-corrected chi connectivity index (χ1v) is 6.15. The average Bonchev–Trinajstić information content (AvgIpc) is 2.36. The molecular formula is C12H19NO7. The van der Waals surface area contributed by atoms with Crippen LogP contribution in [-0.4, -0.2) is 42.3 Å². The fourth-order valence-electron chi connectivity index (χ4n) is 1.24. The highest BCUT2D eigenvalue weighted by molar-refractivity contribution is 5.80. The van der Waals surface area contributed by atoms with E-state index in [4.69, 9.17) is 9.84 Å². The molecule has 20 heavy (non-hydrogen) atoms. The van der Waals surface area contributed by atoms with Crippen LogP contribution in [0.3, 0.4) is 0 Å². The Morgan fingerprint density at radius 1 is 1.25 bits per heavy atom. The molecule has 0 aromatic heterocycles. The second-order valence-electron chi connectivity index (χ2n) is 4.17. The Kier molecular flexibility index (Phi) is 8.73. The average molecular weight is 289 g/mol. The fraction of sp³-hybridized carbons (Fsp3) is 0.667. The summed E-state index contributed by atoms with van der Waals surface area (Å²) in [6.07, 6.45) is -0.944. The van der Waals surface area contributed by atoms with Crippen LogP contribution in [0.5, 0.6) is 0 Å². The Morgan fingerprint density at radius 2 is 1.90 bits per heavy atom. The van der Waals surface area contributed by atoms with Crippen molar-refractivity contribution in [3.63, 3.8) is 0 Å². The molecular weight excluding hydrogens is 270 g/mol. The third-order valence-electron chi connectivity index (χ3n) is 2.40. The molecule has 8 heteroatoms. The molecule has 2 N–H and O–H groups in total. The van der Waals surface area contributed by atoms with E-state index in [9.17, 15) is 19.2 Å². The van der Waals surface area contributed by atoms with Crippen molar-refractivity contribution in [2.75, 3.05) is 6.54 Å². The van der Waals surface area contributed by atoms with E-state index < -0.39 is 24.1 Å². The Hall–Kier alpha value is -2.12. The molecule has 1 amide bonds. The number of carbonyl (C=O) groups excluding carboxylic acids is 3. The minimum Gasteiger partial charge on any atom is -0.481 e. The molecule has 0 fully saturated rings. The van der Waals surface area contributed by atoms with Crippen LogP contribution in [0.4, 0.5) is 0 Å². The quantitative estimate of drug-likeness (QED) is 0.331. The molecule has 0 spiro atoms. The zero-order chi connectivity index (χ0) is 15.5. The number of ether oxygens (including phenoxy) is 2. The summed E-state index contributed by atoms with van der Waals surface area (Å²) in [5.74, 6) is -2.45. The molecule has 0 rings (SSSR count). The van der Waals surface area contributed by atoms with Gasteiger partial charge in [-0.05, 0) is 6.42 Å². The first-order valence-electron chi connectivity index (χ1n) is 6.15. The minimum atomic E-state index is -1.04. The highest BCUT2D eigenvalue weighted by Crippen LogP contribution is 2.06. The van der Waals surface area contributed by atoms with Crippen LogP contribution < -0.4 is 5.32 Å². The number of carbonyl (C=O) groups is 4. The van der Waals surface area contributed by atoms with Gasteiger partial charge in [-0.2, -0.15) is 0 Å². The number of carboxylic acid groups (broad SMARTS) is 1. The predicted octanol–water partition coefficient (Wildman–Crippen LogP) is 0.0558. The lowest BCUT2D eigenvalue weighted by molar-refractivity contribution is -0.179. The molecule has 0 saturated heterocycles. The Labute approximate surface area is 116 Å². The molecule has 0 heterocycles. The SMILES string of the molecule is CC(OC=O)OC(=O)C(C)CCNC(=O)CCC(=O)O. The first kappa shape index (κ1) is 17.9. The summed E-state index contributed by atoms with van der Waals surface area (Å²) in [6, 6.07) is 0. The van der Waals surface area contributed by atoms with E-state index >= 15 is 0 Å². The van der Waals surface area contributed by atoms with Crippen molar-refractivity contribution < 1.29 is 33.8 Å². The maximum absolute atomic E-state index is 11.5. The van der Waals surface area contributed by atoms with E-state index in [1.54, 1.807) is 6.92 Å². The Balaban J connectivity index is 3.83. The molecule has 114 valence electrons. The van der Waals surface area contributed by atoms with Crippen molar-refractivity contribution in [2.24, 2.45) is 5.92 Å². The molecule has 0 aliphatic carbocycles. The van der Waals surface area contributed by atoms with Gasteiger partial charge in [0.2, 0.25) is 12.2 Å². The van der Waals surface area contributed by atoms with Gasteiger partial charge in [0.1, 0.15) is 0 Å². The van der Waals surface area contributed by atoms with Gasteiger partial charge >= 0.3 is 11.9 Å². The molecule has 0 aliphatic heterocycles. The lowest BCUT2D eigenvalue weighted by Crippen LogP contribution is -2.29. The van der Waals surface area contributed by atoms with Crippen LogP contribution in [0.2, 0.25) is 0 Å². The lowest BCUT2D eigenvalue weighted by atomic mass is 10.1. The van der Waals surface area contributed by atoms with Gasteiger partial charge in [0.25, 0.3) is 6.47 Å². The summed E-state index contributed by atoms with van der Waals surface area (Å²) in [7, 11) is 0. The number of aliphatic carboxylic acids is 1. The van der Waals surface area contributed by atoms with Crippen LogP contribution in [0.1, 0.15) is 33.1 Å². The van der Waals surface area contributed by atoms with Crippen LogP contribution in [0, 0.1) is 5.92 Å². The van der Waals surface area contributed by atoms with E-state index in [2.05, 4.69) is 10.1 Å². The molecule has 0 aromatic carbocycles. The van der Waals surface area contributed by atoms with Crippen molar-refractivity contribution in [3.8, 4) is 0 Å². The normalized spacial score (nSPS) is 12.9. The van der Waals surface area contributed by atoms with Crippen LogP contribution in [0.15, 0.2) is 0 Å². The molecule has 0 radical (unpaired) electrons. The first-order chi connectivity index (χ1) is 9.36. The maximum atomic E-state index is 11.5. The van der Waals surface area contributed by atoms with Crippen LogP contribution in [-0.2, 0) is 28.7 Å². The summed E-state index contributed by atoms with van der Waals surface area (Å²) in [6.45, 7) is 3.44. The Morgan fingerprint density at radius 3 is 2.45 bits per heavy atom. The molecule has 0 aliphatic rings. The number of amides is 1. The predicted molar refractivity (Wildman–Crippen MR) is 66.4 cm³/mol. The number of nitrogens with one attached hydrogen (secondary N) is 1. The van der Waals surface area contributed by atoms with Gasteiger partial charge in [-0.3, -0.25) is 19.2 Å². The fourth-order valence-corrected chi connectivity index (χ4v) is 1.24. The molecule has 0 aromatic rings. The molecule has 0 saturated carbocycles. The molecule has 2 atom stereocenters. The second-order valence-corrected chi connectivity index (χ2v) is 4.17. The van der Waals surface area contributed by atoms with Gasteiger partial charge in [-0.15, -0.1) is 0 Å². The van der Waals surface area contributed by atoms with Gasteiger partial charge in [0.15, 0.2) is 0 Å². The third kappa shape index (κ3) is 8.90. The number of hydrogen-bond acceptors (Lipinski definition) is 6. The number of esters is 1. The standard InChI is InChI=1S/C12H19NO7/c1-8(12(18)20-9(2)19-7-14)5-6-13-10(15)3-4-11(16)17/h7-9H,3-6H2,1-2H3,(H,13,15)(H,16,17). The van der Waals surface area contributed by atoms with E-state index in [1.807, 2.05) is 0 Å². The summed E-state index contributed by atoms with van der Waals surface area (Å²) >= 11 is 0. The smallest absolute Gasteiger partial charge is 0.311 e. The van der Waals surface area contributed by atoms with E-state index in [-0.39, 0.29) is 31.8 Å². The second kappa shape index (κ2) is 9.76. The monoisotopic (exact) mass is 289 g/mol. The third-order valence-corrected chi connectivity index (χ3v) is 2.40. The van der Waals surface area contributed by atoms with Crippen LogP contribution in [0.25, 0.3) is 0 Å². The Bertz CT molecular complexity index is 356. The summed E-state index contributed by atoms with van der Waals surface area (Å²) in [5.41, 5.74) is 0. The van der Waals surface area contributed by atoms with Crippen LogP contribution >= 0.6 is 0 Å². The van der Waals surface area contributed by atoms with Gasteiger partial charge in [0.05, 0.1) is 12.3 Å². The molecule has 0 bridgehead atoms. The molecule has 8 nitrogen and oxygen atoms in total. The van der Waals surface area contributed by atoms with Gasteiger partial charge in [-0.25, -0.2) is 0 Å². The highest BCUT2D eigenvalue weighted by atomic mass is 16.7. The van der Waals surface area contributed by atoms with Gasteiger partial charge < -0.3 is 19.9 Å². The molecule has 2 unspecified atom stereocenters. The zero-order valence-corrected chi connectivity index (χ0v) is 11.5. The number of hydrogen-bond donors (Lipinski definition) is 2. The maximum Gasteiger partial charge on any atom is 0.311 e. The van der Waals surface area contributed by atoms with E-state index in [1.165, 1.54) is 6.92 Å². The van der Waals surface area contributed by atoms with Crippen molar-refractivity contribution in [3.05, 3.63) is 0 Å². The van der Waals surface area contributed by atoms with Crippen molar-refractivity contribution in [1.82, 2.24) is 5.32 Å². The number of rotatable bonds is 10. The topological polar surface area (TPSA) is 119 Å². The summed E-state index contributed by atoms with van der Waals surface area (Å²) < 4.78 is 9.22. The van der Waals surface area contributed by atoms with Gasteiger partial charge in [-0.1, -0.05) is 6.92 Å². The summed E-state index contributed by atoms with van der Waals surface area (Å²) in [4.78, 5) is 43.0. The minimum absolute atomic E-state index is 0.0988. The highest BCUT2D eigenvalue weighted by Gasteiger charge is 2.17. The van der Waals surface area contributed by atoms with E-state index in [0.717, 1.165) is 0 Å². The summed E-state index contributed by atoms with van der Waals surface area (Å²) in [5, 5.41) is 10.9. The van der Waals surface area contributed by atoms with E-state index in [0.29, 0.717) is 6.42 Å². The van der Waals surface area contributed by atoms with Gasteiger partial charge in [0, 0.05) is 19.9 Å². The lowest BCUT2D eigenvalue weighted by Gasteiger charge is -2.15. The van der Waals surface area contributed by atoms with Crippen molar-refractivity contribution in [2.45, 2.75) is 39.4 Å². The largest absolute Gasteiger partial charge is 0.481 e. The zero-order valence-electron chi connectivity index (χ0n) is 11.5.